The molecule has 0 saturated carbocycles. The van der Waals surface area contributed by atoms with Crippen LogP contribution in [0.5, 0.6) is 0 Å². The van der Waals surface area contributed by atoms with Gasteiger partial charge in [-0.15, -0.1) is 5.10 Å². The van der Waals surface area contributed by atoms with Gasteiger partial charge in [-0.1, -0.05) is 91.9 Å². The molecule has 1 aromatic heterocycles. The van der Waals surface area contributed by atoms with Crippen LogP contribution >= 0.6 is 0 Å². The number of alkyl carbamates (subject to hydrolysis) is 1. The zero-order valence-electron chi connectivity index (χ0n) is 19.8. The summed E-state index contributed by atoms with van der Waals surface area (Å²) in [6.07, 6.45) is -0.789. The minimum absolute atomic E-state index is 0.0199. The van der Waals surface area contributed by atoms with E-state index in [0.717, 1.165) is 22.2 Å². The number of hydrogen-bond acceptors (Lipinski definition) is 5. The van der Waals surface area contributed by atoms with E-state index in [-0.39, 0.29) is 18.4 Å². The van der Waals surface area contributed by atoms with Gasteiger partial charge in [-0.05, 0) is 29.2 Å². The maximum atomic E-state index is 13.5. The van der Waals surface area contributed by atoms with Crippen molar-refractivity contribution in [3.05, 3.63) is 96.1 Å². The van der Waals surface area contributed by atoms with E-state index < -0.39 is 18.3 Å². The van der Waals surface area contributed by atoms with Crippen molar-refractivity contribution in [1.82, 2.24) is 25.6 Å². The molecule has 3 aromatic carbocycles. The smallest absolute Gasteiger partial charge is 0.408 e. The molecule has 1 heterocycles. The van der Waals surface area contributed by atoms with E-state index in [0.29, 0.717) is 6.42 Å². The van der Waals surface area contributed by atoms with Crippen LogP contribution in [0.3, 0.4) is 0 Å². The molecule has 35 heavy (non-hydrogen) atoms. The monoisotopic (exact) mass is 471 g/mol. The van der Waals surface area contributed by atoms with E-state index in [1.165, 1.54) is 0 Å². The summed E-state index contributed by atoms with van der Waals surface area (Å²) in [4.78, 5) is 26.1. The molecule has 8 heteroatoms. The lowest BCUT2D eigenvalue weighted by Crippen LogP contribution is -2.50. The van der Waals surface area contributed by atoms with Crippen LogP contribution in [0, 0.1) is 5.92 Å². The number of hydrogen-bond donors (Lipinski definition) is 2. The van der Waals surface area contributed by atoms with Crippen LogP contribution in [-0.2, 0) is 22.6 Å². The average Bonchev–Trinajstić information content (AvgIpc) is 3.30. The highest BCUT2D eigenvalue weighted by Gasteiger charge is 2.27. The minimum atomic E-state index is -0.836. The fourth-order valence-electron chi connectivity index (χ4n) is 3.82. The summed E-state index contributed by atoms with van der Waals surface area (Å²) >= 11 is 0. The molecule has 0 bridgehead atoms. The van der Waals surface area contributed by atoms with Crippen LogP contribution in [0.2, 0.25) is 0 Å². The van der Waals surface area contributed by atoms with Crippen molar-refractivity contribution in [3.63, 3.8) is 0 Å². The molecule has 0 aliphatic heterocycles. The lowest BCUT2D eigenvalue weighted by Gasteiger charge is -2.26. The molecule has 0 spiro atoms. The SMILES string of the molecule is CC(C)C(NC(=O)C(Cc1ccccc1)NC(=O)OCc1ccccc1)n1nnc2ccccc21. The Kier molecular flexibility index (Phi) is 7.72. The third-order valence-corrected chi connectivity index (χ3v) is 5.67. The van der Waals surface area contributed by atoms with Gasteiger partial charge in [0.25, 0.3) is 0 Å². The summed E-state index contributed by atoms with van der Waals surface area (Å²) in [5, 5.41) is 14.3. The van der Waals surface area contributed by atoms with Gasteiger partial charge < -0.3 is 15.4 Å². The lowest BCUT2D eigenvalue weighted by atomic mass is 10.0. The van der Waals surface area contributed by atoms with Crippen molar-refractivity contribution >= 4 is 23.0 Å². The van der Waals surface area contributed by atoms with Crippen LogP contribution in [0.25, 0.3) is 11.0 Å². The number of nitrogens with zero attached hydrogens (tertiary/aromatic N) is 3. The standard InChI is InChI=1S/C27H29N5O3/c1-19(2)25(32-24-16-10-9-15-22(24)30-31-32)29-26(33)23(17-20-11-5-3-6-12-20)28-27(34)35-18-21-13-7-4-8-14-21/h3-16,19,23,25H,17-18H2,1-2H3,(H,28,34)(H,29,33). The molecule has 0 aliphatic carbocycles. The average molecular weight is 472 g/mol. The first kappa shape index (κ1) is 23.9. The third-order valence-electron chi connectivity index (χ3n) is 5.67. The van der Waals surface area contributed by atoms with Gasteiger partial charge in [0, 0.05) is 6.42 Å². The third kappa shape index (κ3) is 6.23. The van der Waals surface area contributed by atoms with Crippen molar-refractivity contribution < 1.29 is 14.3 Å². The number of rotatable bonds is 9. The summed E-state index contributed by atoms with van der Waals surface area (Å²) in [6.45, 7) is 4.11. The maximum absolute atomic E-state index is 13.5. The number of nitrogens with one attached hydrogen (secondary N) is 2. The van der Waals surface area contributed by atoms with Crippen molar-refractivity contribution in [2.24, 2.45) is 5.92 Å². The normalized spacial score (nSPS) is 12.8. The minimum Gasteiger partial charge on any atom is -0.445 e. The number of ether oxygens (including phenoxy) is 1. The Bertz CT molecular complexity index is 1260. The van der Waals surface area contributed by atoms with Crippen LogP contribution in [0.1, 0.15) is 31.1 Å². The van der Waals surface area contributed by atoms with E-state index in [1.54, 1.807) is 4.68 Å². The molecule has 0 radical (unpaired) electrons. The molecule has 2 atom stereocenters. The molecule has 2 amide bonds. The Hall–Kier alpha value is -4.20. The molecule has 4 aromatic rings. The summed E-state index contributed by atoms with van der Waals surface area (Å²) in [5.41, 5.74) is 3.35. The van der Waals surface area contributed by atoms with Gasteiger partial charge in [0.1, 0.15) is 24.3 Å². The number of fused-ring (bicyclic) bond motifs is 1. The van der Waals surface area contributed by atoms with Crippen LogP contribution < -0.4 is 10.6 Å². The molecule has 8 nitrogen and oxygen atoms in total. The molecule has 2 N–H and O–H groups in total. The number of para-hydroxylation sites is 1. The van der Waals surface area contributed by atoms with Crippen molar-refractivity contribution in [2.45, 2.75) is 39.1 Å². The van der Waals surface area contributed by atoms with Crippen LogP contribution in [0.4, 0.5) is 4.79 Å². The topological polar surface area (TPSA) is 98.1 Å². The number of benzene rings is 3. The molecule has 2 unspecified atom stereocenters. The highest BCUT2D eigenvalue weighted by atomic mass is 16.5. The van der Waals surface area contributed by atoms with E-state index in [2.05, 4.69) is 20.9 Å². The maximum Gasteiger partial charge on any atom is 0.408 e. The number of aromatic nitrogens is 3. The van der Waals surface area contributed by atoms with Crippen LogP contribution in [-0.4, -0.2) is 33.0 Å². The van der Waals surface area contributed by atoms with Crippen molar-refractivity contribution in [3.8, 4) is 0 Å². The Morgan fingerprint density at radius 1 is 0.857 bits per heavy atom. The first-order valence-electron chi connectivity index (χ1n) is 11.6. The molecule has 180 valence electrons. The molecule has 0 aliphatic rings. The molecular formula is C27H29N5O3. The molecular weight excluding hydrogens is 442 g/mol. The Morgan fingerprint density at radius 2 is 1.49 bits per heavy atom. The van der Waals surface area contributed by atoms with Gasteiger partial charge in [-0.3, -0.25) is 4.79 Å². The second-order valence-corrected chi connectivity index (χ2v) is 8.67. The zero-order chi connectivity index (χ0) is 24.6. The van der Waals surface area contributed by atoms with E-state index in [9.17, 15) is 9.59 Å². The number of carbonyl (C=O) groups is 2. The van der Waals surface area contributed by atoms with E-state index in [1.807, 2.05) is 98.8 Å². The highest BCUT2D eigenvalue weighted by molar-refractivity contribution is 5.86. The Labute approximate surface area is 204 Å². The summed E-state index contributed by atoms with van der Waals surface area (Å²) in [6, 6.07) is 25.7. The van der Waals surface area contributed by atoms with Gasteiger partial charge in [0.2, 0.25) is 5.91 Å². The zero-order valence-corrected chi connectivity index (χ0v) is 19.8. The quantitative estimate of drug-likeness (QED) is 0.381. The summed E-state index contributed by atoms with van der Waals surface area (Å²) < 4.78 is 7.08. The predicted molar refractivity (Wildman–Crippen MR) is 133 cm³/mol. The van der Waals surface area contributed by atoms with Crippen LogP contribution in [0.15, 0.2) is 84.9 Å². The van der Waals surface area contributed by atoms with E-state index >= 15 is 0 Å². The van der Waals surface area contributed by atoms with E-state index in [4.69, 9.17) is 4.74 Å². The molecule has 4 rings (SSSR count). The van der Waals surface area contributed by atoms with Gasteiger partial charge >= 0.3 is 6.09 Å². The van der Waals surface area contributed by atoms with Gasteiger partial charge in [0.05, 0.1) is 5.52 Å². The number of carbonyl (C=O) groups excluding carboxylic acids is 2. The highest BCUT2D eigenvalue weighted by Crippen LogP contribution is 2.20. The van der Waals surface area contributed by atoms with Crippen molar-refractivity contribution in [1.29, 1.82) is 0 Å². The largest absolute Gasteiger partial charge is 0.445 e. The Morgan fingerprint density at radius 3 is 2.17 bits per heavy atom. The second kappa shape index (κ2) is 11.3. The van der Waals surface area contributed by atoms with Crippen molar-refractivity contribution in [2.75, 3.05) is 0 Å². The Balaban J connectivity index is 1.50. The molecule has 0 saturated heterocycles. The van der Waals surface area contributed by atoms with Gasteiger partial charge in [-0.2, -0.15) is 0 Å². The van der Waals surface area contributed by atoms with Gasteiger partial charge in [0.15, 0.2) is 0 Å². The summed E-state index contributed by atoms with van der Waals surface area (Å²) in [5.74, 6) is -0.310. The number of amides is 2. The van der Waals surface area contributed by atoms with Gasteiger partial charge in [-0.25, -0.2) is 9.48 Å². The lowest BCUT2D eigenvalue weighted by molar-refractivity contribution is -0.124. The fraction of sp³-hybridized carbons (Fsp3) is 0.259. The fourth-order valence-corrected chi connectivity index (χ4v) is 3.82. The first-order chi connectivity index (χ1) is 17.0. The summed E-state index contributed by atoms with van der Waals surface area (Å²) in [7, 11) is 0. The first-order valence-corrected chi connectivity index (χ1v) is 11.6. The second-order valence-electron chi connectivity index (χ2n) is 8.67. The molecule has 0 fully saturated rings. The predicted octanol–water partition coefficient (Wildman–Crippen LogP) is 4.24.